The van der Waals surface area contributed by atoms with Crippen molar-refractivity contribution in [1.82, 2.24) is 10.2 Å². The third-order valence-electron chi connectivity index (χ3n) is 4.80. The molecule has 0 aromatic carbocycles. The predicted molar refractivity (Wildman–Crippen MR) is 90.1 cm³/mol. The highest BCUT2D eigenvalue weighted by Crippen LogP contribution is 2.27. The molecule has 5 heteroatoms. The van der Waals surface area contributed by atoms with Crippen molar-refractivity contribution in [2.24, 2.45) is 11.8 Å². The molecule has 2 aliphatic heterocycles. The van der Waals surface area contributed by atoms with E-state index in [0.29, 0.717) is 24.2 Å². The van der Waals surface area contributed by atoms with Gasteiger partial charge in [0.2, 0.25) is 5.91 Å². The first-order valence-electron chi connectivity index (χ1n) is 7.78. The zero-order valence-corrected chi connectivity index (χ0v) is 14.3. The number of amides is 1. The zero-order valence-electron chi connectivity index (χ0n) is 12.6. The van der Waals surface area contributed by atoms with Crippen LogP contribution in [-0.4, -0.2) is 30.4 Å². The summed E-state index contributed by atoms with van der Waals surface area (Å²) in [5, 5.41) is 5.60. The van der Waals surface area contributed by atoms with Crippen LogP contribution in [0, 0.1) is 11.8 Å². The lowest BCUT2D eigenvalue weighted by atomic mass is 9.85. The zero-order chi connectivity index (χ0) is 13.9. The Bertz CT molecular complexity index is 471. The number of halogens is 1. The number of nitrogens with zero attached hydrogens (tertiary/aromatic N) is 1. The van der Waals surface area contributed by atoms with Crippen molar-refractivity contribution >= 4 is 29.7 Å². The second-order valence-electron chi connectivity index (χ2n) is 6.22. The van der Waals surface area contributed by atoms with Gasteiger partial charge in [-0.25, -0.2) is 0 Å². The van der Waals surface area contributed by atoms with Crippen LogP contribution in [0.5, 0.6) is 0 Å². The van der Waals surface area contributed by atoms with Crippen molar-refractivity contribution in [2.45, 2.75) is 39.2 Å². The summed E-state index contributed by atoms with van der Waals surface area (Å²) >= 11 is 1.83. The molecular formula is C16H25ClN2OS. The average Bonchev–Trinajstić information content (AvgIpc) is 2.95. The molecule has 1 amide bonds. The number of hydrogen-bond acceptors (Lipinski definition) is 3. The Morgan fingerprint density at radius 3 is 3.19 bits per heavy atom. The maximum absolute atomic E-state index is 12.5. The summed E-state index contributed by atoms with van der Waals surface area (Å²) in [7, 11) is 0. The summed E-state index contributed by atoms with van der Waals surface area (Å²) in [6.45, 7) is 6.21. The summed E-state index contributed by atoms with van der Waals surface area (Å²) in [4.78, 5) is 16.0. The number of carbonyl (C=O) groups excluding carboxylic acids is 1. The largest absolute Gasteiger partial charge is 0.338 e. The molecule has 0 saturated carbocycles. The molecule has 1 N–H and O–H groups in total. The van der Waals surface area contributed by atoms with Crippen LogP contribution in [0.1, 0.15) is 36.6 Å². The molecule has 21 heavy (non-hydrogen) atoms. The second-order valence-corrected chi connectivity index (χ2v) is 7.22. The lowest BCUT2D eigenvalue weighted by molar-refractivity contribution is -0.133. The fourth-order valence-corrected chi connectivity index (χ4v) is 4.29. The molecule has 1 aromatic heterocycles. The predicted octanol–water partition coefficient (Wildman–Crippen LogP) is 3.08. The fraction of sp³-hybridized carbons (Fsp3) is 0.688. The number of carbonyl (C=O) groups is 1. The van der Waals surface area contributed by atoms with E-state index in [9.17, 15) is 4.79 Å². The first-order chi connectivity index (χ1) is 9.74. The molecule has 1 aromatic rings. The molecule has 0 bridgehead atoms. The Balaban J connectivity index is 0.00000161. The summed E-state index contributed by atoms with van der Waals surface area (Å²) in [5.41, 5.74) is 1.36. The van der Waals surface area contributed by atoms with Crippen LogP contribution < -0.4 is 5.32 Å². The minimum atomic E-state index is 0. The third-order valence-corrected chi connectivity index (χ3v) is 5.82. The topological polar surface area (TPSA) is 32.3 Å². The maximum atomic E-state index is 12.5. The number of rotatable bonds is 3. The van der Waals surface area contributed by atoms with Gasteiger partial charge >= 0.3 is 0 Å². The summed E-state index contributed by atoms with van der Waals surface area (Å²) < 4.78 is 0. The standard InChI is InChI=1S/C16H24N2OS.ClH/c1-12(13-3-2-6-17-10-13)9-16(19)18-7-4-15-14(11-18)5-8-20-15;/h5,8,12-13,17H,2-4,6-7,9-11H2,1H3;1H. The van der Waals surface area contributed by atoms with Crippen molar-refractivity contribution in [3.8, 4) is 0 Å². The molecule has 2 unspecified atom stereocenters. The molecule has 3 heterocycles. The number of nitrogens with one attached hydrogen (secondary N) is 1. The molecule has 1 saturated heterocycles. The van der Waals surface area contributed by atoms with Gasteiger partial charge in [-0.3, -0.25) is 4.79 Å². The lowest BCUT2D eigenvalue weighted by Gasteiger charge is -2.31. The van der Waals surface area contributed by atoms with Gasteiger partial charge in [0.1, 0.15) is 0 Å². The van der Waals surface area contributed by atoms with Crippen molar-refractivity contribution in [2.75, 3.05) is 19.6 Å². The molecule has 0 spiro atoms. The average molecular weight is 329 g/mol. The van der Waals surface area contributed by atoms with E-state index in [2.05, 4.69) is 28.6 Å². The Kier molecular flexibility index (Phi) is 6.08. The molecule has 3 nitrogen and oxygen atoms in total. The smallest absolute Gasteiger partial charge is 0.223 e. The summed E-state index contributed by atoms with van der Waals surface area (Å²) in [6.07, 6.45) is 4.28. The first-order valence-corrected chi connectivity index (χ1v) is 8.65. The van der Waals surface area contributed by atoms with Crippen molar-refractivity contribution in [1.29, 1.82) is 0 Å². The van der Waals surface area contributed by atoms with Crippen LogP contribution in [0.25, 0.3) is 0 Å². The molecule has 3 rings (SSSR count). The lowest BCUT2D eigenvalue weighted by Crippen LogP contribution is -2.39. The summed E-state index contributed by atoms with van der Waals surface area (Å²) in [6, 6.07) is 2.17. The number of thiophene rings is 1. The molecule has 1 fully saturated rings. The van der Waals surface area contributed by atoms with Gasteiger partial charge in [-0.15, -0.1) is 23.7 Å². The van der Waals surface area contributed by atoms with Crippen LogP contribution in [-0.2, 0) is 17.8 Å². The van der Waals surface area contributed by atoms with E-state index in [1.807, 2.05) is 11.3 Å². The molecule has 0 radical (unpaired) electrons. The normalized spacial score (nSPS) is 23.1. The van der Waals surface area contributed by atoms with Gasteiger partial charge < -0.3 is 10.2 Å². The molecule has 0 aliphatic carbocycles. The highest BCUT2D eigenvalue weighted by molar-refractivity contribution is 7.10. The third kappa shape index (κ3) is 3.99. The highest BCUT2D eigenvalue weighted by atomic mass is 35.5. The highest BCUT2D eigenvalue weighted by Gasteiger charge is 2.26. The number of hydrogen-bond donors (Lipinski definition) is 1. The number of piperidine rings is 1. The Hall–Kier alpha value is -0.580. The van der Waals surface area contributed by atoms with Gasteiger partial charge in [0, 0.05) is 24.4 Å². The van der Waals surface area contributed by atoms with Gasteiger partial charge in [0.05, 0.1) is 0 Å². The Morgan fingerprint density at radius 2 is 2.43 bits per heavy atom. The van der Waals surface area contributed by atoms with Gasteiger partial charge in [-0.1, -0.05) is 6.92 Å². The van der Waals surface area contributed by atoms with Crippen molar-refractivity contribution < 1.29 is 4.79 Å². The van der Waals surface area contributed by atoms with Gasteiger partial charge in [-0.2, -0.15) is 0 Å². The molecule has 2 aliphatic rings. The van der Waals surface area contributed by atoms with E-state index in [1.54, 1.807) is 0 Å². The number of fused-ring (bicyclic) bond motifs is 1. The van der Waals surface area contributed by atoms with Crippen LogP contribution in [0.4, 0.5) is 0 Å². The van der Waals surface area contributed by atoms with E-state index in [-0.39, 0.29) is 12.4 Å². The quantitative estimate of drug-likeness (QED) is 0.924. The minimum absolute atomic E-state index is 0. The van der Waals surface area contributed by atoms with E-state index >= 15 is 0 Å². The molecular weight excluding hydrogens is 304 g/mol. The molecule has 2 atom stereocenters. The van der Waals surface area contributed by atoms with Crippen molar-refractivity contribution in [3.63, 3.8) is 0 Å². The van der Waals surface area contributed by atoms with E-state index in [4.69, 9.17) is 0 Å². The SMILES string of the molecule is CC(CC(=O)N1CCc2sccc2C1)C1CCCNC1.Cl. The van der Waals surface area contributed by atoms with E-state index < -0.39 is 0 Å². The van der Waals surface area contributed by atoms with E-state index in [0.717, 1.165) is 32.6 Å². The minimum Gasteiger partial charge on any atom is -0.338 e. The monoisotopic (exact) mass is 328 g/mol. The maximum Gasteiger partial charge on any atom is 0.223 e. The second kappa shape index (κ2) is 7.61. The van der Waals surface area contributed by atoms with Crippen LogP contribution in [0.2, 0.25) is 0 Å². The fourth-order valence-electron chi connectivity index (χ4n) is 3.40. The van der Waals surface area contributed by atoms with Crippen LogP contribution in [0.3, 0.4) is 0 Å². The Morgan fingerprint density at radius 1 is 1.57 bits per heavy atom. The van der Waals surface area contributed by atoms with Crippen molar-refractivity contribution in [3.05, 3.63) is 21.9 Å². The first kappa shape index (κ1) is 16.8. The molecule has 118 valence electrons. The van der Waals surface area contributed by atoms with E-state index in [1.165, 1.54) is 23.3 Å². The van der Waals surface area contributed by atoms with Gasteiger partial charge in [0.25, 0.3) is 0 Å². The van der Waals surface area contributed by atoms with Crippen LogP contribution >= 0.6 is 23.7 Å². The summed E-state index contributed by atoms with van der Waals surface area (Å²) in [5.74, 6) is 1.52. The Labute approximate surface area is 137 Å². The van der Waals surface area contributed by atoms with Crippen LogP contribution in [0.15, 0.2) is 11.4 Å². The van der Waals surface area contributed by atoms with Gasteiger partial charge in [0.15, 0.2) is 0 Å². The van der Waals surface area contributed by atoms with Gasteiger partial charge in [-0.05, 0) is 61.2 Å².